The summed E-state index contributed by atoms with van der Waals surface area (Å²) in [5.74, 6) is 1.52. The van der Waals surface area contributed by atoms with Crippen LogP contribution >= 0.6 is 0 Å². The lowest BCUT2D eigenvalue weighted by Gasteiger charge is -2.07. The van der Waals surface area contributed by atoms with Crippen molar-refractivity contribution < 1.29 is 4.74 Å². The van der Waals surface area contributed by atoms with Gasteiger partial charge in [0.25, 0.3) is 0 Å². The molecule has 3 nitrogen and oxygen atoms in total. The molecule has 0 fully saturated rings. The number of hydrogen-bond acceptors (Lipinski definition) is 3. The van der Waals surface area contributed by atoms with Crippen molar-refractivity contribution in [2.24, 2.45) is 0 Å². The zero-order valence-electron chi connectivity index (χ0n) is 9.08. The molecule has 82 valence electrons. The summed E-state index contributed by atoms with van der Waals surface area (Å²) in [5, 5.41) is 8.95. The molecule has 0 aliphatic heterocycles. The Morgan fingerprint density at radius 3 is 2.47 bits per heavy atom. The van der Waals surface area contributed by atoms with Gasteiger partial charge in [-0.15, -0.1) is 0 Å². The van der Waals surface area contributed by atoms with Crippen LogP contribution in [0.5, 0.6) is 11.5 Å². The highest BCUT2D eigenvalue weighted by Gasteiger charge is 2.03. The minimum atomic E-state index is 0.724. The molecule has 0 N–H and O–H groups in total. The summed E-state index contributed by atoms with van der Waals surface area (Å²) >= 11 is 0. The van der Waals surface area contributed by atoms with E-state index in [1.807, 2.05) is 54.6 Å². The molecule has 0 atom stereocenters. The molecule has 1 heterocycles. The predicted octanol–water partition coefficient (Wildman–Crippen LogP) is 3.42. The lowest BCUT2D eigenvalue weighted by Crippen LogP contribution is -1.89. The third kappa shape index (κ3) is 1.95. The van der Waals surface area contributed by atoms with Crippen molar-refractivity contribution >= 4 is 10.9 Å². The Kier molecular flexibility index (Phi) is 2.43. The summed E-state index contributed by atoms with van der Waals surface area (Å²) in [7, 11) is 0. The molecule has 0 aliphatic carbocycles. The number of nitrogens with zero attached hydrogens (tertiary/aromatic N) is 2. The van der Waals surface area contributed by atoms with Crippen LogP contribution < -0.4 is 4.74 Å². The average Bonchev–Trinajstić information content (AvgIpc) is 2.40. The zero-order valence-corrected chi connectivity index (χ0v) is 9.08. The van der Waals surface area contributed by atoms with E-state index in [9.17, 15) is 0 Å². The van der Waals surface area contributed by atoms with Crippen molar-refractivity contribution in [2.75, 3.05) is 0 Å². The SMILES string of the molecule is c1ccc(Oc2cnnc3ccccc23)cc1. The van der Waals surface area contributed by atoms with E-state index in [1.54, 1.807) is 6.20 Å². The van der Waals surface area contributed by atoms with Crippen molar-refractivity contribution in [3.8, 4) is 11.5 Å². The van der Waals surface area contributed by atoms with E-state index in [0.29, 0.717) is 0 Å². The fourth-order valence-corrected chi connectivity index (χ4v) is 1.68. The Morgan fingerprint density at radius 1 is 0.824 bits per heavy atom. The van der Waals surface area contributed by atoms with Gasteiger partial charge < -0.3 is 4.74 Å². The second kappa shape index (κ2) is 4.22. The summed E-state index contributed by atoms with van der Waals surface area (Å²) in [6, 6.07) is 17.4. The first kappa shape index (κ1) is 9.78. The molecule has 3 aromatic rings. The molecule has 1 aromatic heterocycles. The van der Waals surface area contributed by atoms with Gasteiger partial charge in [-0.25, -0.2) is 0 Å². The Balaban J connectivity index is 2.06. The Labute approximate surface area is 98.7 Å². The maximum absolute atomic E-state index is 5.79. The molecule has 0 bridgehead atoms. The first-order chi connectivity index (χ1) is 8.43. The Bertz CT molecular complexity index is 633. The number of para-hydroxylation sites is 1. The van der Waals surface area contributed by atoms with E-state index in [0.717, 1.165) is 22.4 Å². The predicted molar refractivity (Wildman–Crippen MR) is 66.1 cm³/mol. The van der Waals surface area contributed by atoms with E-state index in [4.69, 9.17) is 4.74 Å². The standard InChI is InChI=1S/C14H10N2O/c1-2-6-11(7-3-1)17-14-10-15-16-13-9-5-4-8-12(13)14/h1-10H. The minimum absolute atomic E-state index is 0.724. The zero-order chi connectivity index (χ0) is 11.5. The van der Waals surface area contributed by atoms with Gasteiger partial charge in [0, 0.05) is 5.39 Å². The Hall–Kier alpha value is -2.42. The first-order valence-electron chi connectivity index (χ1n) is 5.37. The maximum atomic E-state index is 5.79. The van der Waals surface area contributed by atoms with Crippen LogP contribution in [-0.4, -0.2) is 10.2 Å². The van der Waals surface area contributed by atoms with E-state index in [2.05, 4.69) is 10.2 Å². The molecule has 0 amide bonds. The number of hydrogen-bond donors (Lipinski definition) is 0. The normalized spacial score (nSPS) is 10.4. The number of aromatic nitrogens is 2. The van der Waals surface area contributed by atoms with Crippen LogP contribution in [0.3, 0.4) is 0 Å². The summed E-state index contributed by atoms with van der Waals surface area (Å²) in [6.45, 7) is 0. The summed E-state index contributed by atoms with van der Waals surface area (Å²) < 4.78 is 5.79. The smallest absolute Gasteiger partial charge is 0.156 e. The Morgan fingerprint density at radius 2 is 1.59 bits per heavy atom. The highest BCUT2D eigenvalue weighted by Crippen LogP contribution is 2.27. The van der Waals surface area contributed by atoms with Gasteiger partial charge in [-0.1, -0.05) is 30.3 Å². The van der Waals surface area contributed by atoms with Crippen molar-refractivity contribution in [2.45, 2.75) is 0 Å². The van der Waals surface area contributed by atoms with Crippen LogP contribution in [0.4, 0.5) is 0 Å². The fourth-order valence-electron chi connectivity index (χ4n) is 1.68. The molecule has 0 saturated heterocycles. The van der Waals surface area contributed by atoms with E-state index in [-0.39, 0.29) is 0 Å². The van der Waals surface area contributed by atoms with Gasteiger partial charge >= 0.3 is 0 Å². The van der Waals surface area contributed by atoms with E-state index < -0.39 is 0 Å². The van der Waals surface area contributed by atoms with Gasteiger partial charge in [-0.3, -0.25) is 0 Å². The fraction of sp³-hybridized carbons (Fsp3) is 0. The van der Waals surface area contributed by atoms with Gasteiger partial charge in [0.1, 0.15) is 5.75 Å². The molecule has 0 spiro atoms. The number of benzene rings is 2. The quantitative estimate of drug-likeness (QED) is 0.666. The summed E-state index contributed by atoms with van der Waals surface area (Å²) in [6.07, 6.45) is 1.63. The number of fused-ring (bicyclic) bond motifs is 1. The molecular formula is C14H10N2O. The second-order valence-corrected chi connectivity index (χ2v) is 3.64. The summed E-state index contributed by atoms with van der Waals surface area (Å²) in [5.41, 5.74) is 0.834. The third-order valence-electron chi connectivity index (χ3n) is 2.48. The van der Waals surface area contributed by atoms with E-state index in [1.165, 1.54) is 0 Å². The van der Waals surface area contributed by atoms with E-state index >= 15 is 0 Å². The molecular weight excluding hydrogens is 212 g/mol. The average molecular weight is 222 g/mol. The first-order valence-corrected chi connectivity index (χ1v) is 5.37. The summed E-state index contributed by atoms with van der Waals surface area (Å²) in [4.78, 5) is 0. The second-order valence-electron chi connectivity index (χ2n) is 3.64. The molecule has 0 saturated carbocycles. The molecule has 3 rings (SSSR count). The van der Waals surface area contributed by atoms with Crippen LogP contribution in [-0.2, 0) is 0 Å². The van der Waals surface area contributed by atoms with Crippen molar-refractivity contribution in [1.29, 1.82) is 0 Å². The molecule has 0 radical (unpaired) electrons. The van der Waals surface area contributed by atoms with Crippen molar-refractivity contribution in [1.82, 2.24) is 10.2 Å². The minimum Gasteiger partial charge on any atom is -0.455 e. The molecule has 3 heteroatoms. The van der Waals surface area contributed by atoms with Crippen LogP contribution in [0.15, 0.2) is 60.8 Å². The molecule has 0 unspecified atom stereocenters. The van der Waals surface area contributed by atoms with Crippen molar-refractivity contribution in [3.63, 3.8) is 0 Å². The highest BCUT2D eigenvalue weighted by molar-refractivity contribution is 5.84. The number of rotatable bonds is 2. The van der Waals surface area contributed by atoms with Gasteiger partial charge in [-0.2, -0.15) is 10.2 Å². The topological polar surface area (TPSA) is 35.0 Å². The van der Waals surface area contributed by atoms with Crippen LogP contribution in [0.1, 0.15) is 0 Å². The van der Waals surface area contributed by atoms with Crippen LogP contribution in [0, 0.1) is 0 Å². The lowest BCUT2D eigenvalue weighted by molar-refractivity contribution is 0.485. The van der Waals surface area contributed by atoms with Crippen molar-refractivity contribution in [3.05, 3.63) is 60.8 Å². The monoisotopic (exact) mass is 222 g/mol. The van der Waals surface area contributed by atoms with Crippen LogP contribution in [0.2, 0.25) is 0 Å². The molecule has 2 aromatic carbocycles. The molecule has 0 aliphatic rings. The number of ether oxygens (including phenoxy) is 1. The van der Waals surface area contributed by atoms with Gasteiger partial charge in [0.2, 0.25) is 0 Å². The molecule has 17 heavy (non-hydrogen) atoms. The van der Waals surface area contributed by atoms with Gasteiger partial charge in [-0.05, 0) is 24.3 Å². The van der Waals surface area contributed by atoms with Gasteiger partial charge in [0.05, 0.1) is 11.7 Å². The maximum Gasteiger partial charge on any atom is 0.156 e. The van der Waals surface area contributed by atoms with Crippen LogP contribution in [0.25, 0.3) is 10.9 Å². The largest absolute Gasteiger partial charge is 0.455 e. The third-order valence-corrected chi connectivity index (χ3v) is 2.48. The lowest BCUT2D eigenvalue weighted by atomic mass is 10.2. The highest BCUT2D eigenvalue weighted by atomic mass is 16.5. The van der Waals surface area contributed by atoms with Gasteiger partial charge in [0.15, 0.2) is 5.75 Å².